The summed E-state index contributed by atoms with van der Waals surface area (Å²) in [4.78, 5) is 3.52. The monoisotopic (exact) mass is 500 g/mol. The molecule has 32 heavy (non-hydrogen) atoms. The lowest BCUT2D eigenvalue weighted by atomic mass is 10.1. The topological polar surface area (TPSA) is 93.6 Å². The van der Waals surface area contributed by atoms with Crippen molar-refractivity contribution >= 4 is 42.4 Å². The molecule has 0 aliphatic carbocycles. The predicted molar refractivity (Wildman–Crippen MR) is 101 cm³/mol. The van der Waals surface area contributed by atoms with Gasteiger partial charge in [0.15, 0.2) is 11.6 Å². The molecule has 0 N–H and O–H groups in total. The van der Waals surface area contributed by atoms with Crippen LogP contribution in [0.2, 0.25) is 0 Å². The highest BCUT2D eigenvalue weighted by Gasteiger charge is 2.52. The van der Waals surface area contributed by atoms with Crippen molar-refractivity contribution in [3.05, 3.63) is 60.8 Å². The summed E-state index contributed by atoms with van der Waals surface area (Å²) in [5.41, 5.74) is -12.0. The molecule has 7 nitrogen and oxygen atoms in total. The third-order valence-corrected chi connectivity index (χ3v) is 6.35. The van der Waals surface area contributed by atoms with E-state index >= 15 is 0 Å². The number of alkyl halides is 6. The number of fused-ring (bicyclic) bond motifs is 1. The molecule has 0 bridgehead atoms. The molecular weight excluding hydrogens is 490 g/mol. The highest BCUT2D eigenvalue weighted by Crippen LogP contribution is 2.41. The summed E-state index contributed by atoms with van der Waals surface area (Å²) in [6, 6.07) is 10.5. The molecule has 0 aliphatic rings. The number of nitrogens with zero attached hydrogens (tertiary/aromatic N) is 2. The number of halogens is 6. The van der Waals surface area contributed by atoms with Gasteiger partial charge in [0.25, 0.3) is 0 Å². The number of sulfonamides is 1. The van der Waals surface area contributed by atoms with Crippen molar-refractivity contribution in [1.82, 2.24) is 4.98 Å². The first-order valence-electron chi connectivity index (χ1n) is 8.22. The normalized spacial score (nSPS) is 13.2. The molecule has 1 heterocycles. The van der Waals surface area contributed by atoms with Gasteiger partial charge in [-0.05, 0) is 12.1 Å². The van der Waals surface area contributed by atoms with E-state index in [1.165, 1.54) is 30.3 Å². The Labute approximate surface area is 177 Å². The number of benzene rings is 2. The molecule has 0 spiro atoms. The van der Waals surface area contributed by atoms with Crippen molar-refractivity contribution in [1.29, 1.82) is 0 Å². The minimum Gasteiger partial charge on any atom is -0.374 e. The Kier molecular flexibility index (Phi) is 5.76. The fourth-order valence-corrected chi connectivity index (χ4v) is 4.03. The first-order valence-corrected chi connectivity index (χ1v) is 11.1. The number of rotatable bonds is 5. The van der Waals surface area contributed by atoms with E-state index in [9.17, 15) is 43.2 Å². The summed E-state index contributed by atoms with van der Waals surface area (Å²) in [6.45, 7) is 0. The minimum atomic E-state index is -6.13. The Morgan fingerprint density at radius 2 is 1.28 bits per heavy atom. The van der Waals surface area contributed by atoms with Crippen LogP contribution in [0.1, 0.15) is 0 Å². The molecular formula is C17H10F6N2O5S2. The van der Waals surface area contributed by atoms with Crippen molar-refractivity contribution in [3.8, 4) is 5.75 Å². The van der Waals surface area contributed by atoms with Gasteiger partial charge < -0.3 is 4.18 Å². The summed E-state index contributed by atoms with van der Waals surface area (Å²) in [5.74, 6) is -1.79. The molecule has 0 saturated heterocycles. The van der Waals surface area contributed by atoms with Crippen LogP contribution in [-0.2, 0) is 20.1 Å². The fraction of sp³-hybridized carbons (Fsp3) is 0.118. The maximum atomic E-state index is 13.4. The van der Waals surface area contributed by atoms with E-state index in [-0.39, 0.29) is 4.31 Å². The van der Waals surface area contributed by atoms with Crippen molar-refractivity contribution in [2.75, 3.05) is 4.31 Å². The molecule has 0 aliphatic heterocycles. The van der Waals surface area contributed by atoms with E-state index in [4.69, 9.17) is 0 Å². The molecule has 0 fully saturated rings. The lowest BCUT2D eigenvalue weighted by Crippen LogP contribution is -2.38. The van der Waals surface area contributed by atoms with Crippen molar-refractivity contribution in [2.45, 2.75) is 11.0 Å². The van der Waals surface area contributed by atoms with Gasteiger partial charge in [-0.3, -0.25) is 0 Å². The summed E-state index contributed by atoms with van der Waals surface area (Å²) in [7, 11) is -12.2. The van der Waals surface area contributed by atoms with Crippen LogP contribution < -0.4 is 8.49 Å². The van der Waals surface area contributed by atoms with Crippen LogP contribution in [0.3, 0.4) is 0 Å². The van der Waals surface area contributed by atoms with Crippen molar-refractivity contribution in [3.63, 3.8) is 0 Å². The molecule has 3 rings (SSSR count). The fourth-order valence-electron chi connectivity index (χ4n) is 2.59. The van der Waals surface area contributed by atoms with Gasteiger partial charge in [0, 0.05) is 10.8 Å². The third-order valence-electron chi connectivity index (χ3n) is 3.94. The number of hydrogen-bond acceptors (Lipinski definition) is 6. The van der Waals surface area contributed by atoms with Crippen LogP contribution in [0.5, 0.6) is 5.75 Å². The standard InChI is InChI=1S/C17H10F6N2O5S2/c18-16(19,20)31(26,27)25(11-6-2-1-3-7-11)15-13-9-5-4-8-12(13)14(10-24-15)30-32(28,29)17(21,22)23/h1-10H. The first-order chi connectivity index (χ1) is 14.7. The Balaban J connectivity index is 2.30. The first kappa shape index (κ1) is 23.6. The van der Waals surface area contributed by atoms with E-state index in [0.717, 1.165) is 24.3 Å². The molecule has 0 unspecified atom stereocenters. The van der Waals surface area contributed by atoms with Gasteiger partial charge in [-0.25, -0.2) is 9.29 Å². The van der Waals surface area contributed by atoms with Crippen LogP contribution in [-0.4, -0.2) is 32.8 Å². The van der Waals surface area contributed by atoms with Gasteiger partial charge >= 0.3 is 31.2 Å². The lowest BCUT2D eigenvalue weighted by molar-refractivity contribution is -0.0500. The van der Waals surface area contributed by atoms with E-state index in [1.54, 1.807) is 0 Å². The van der Waals surface area contributed by atoms with Crippen LogP contribution in [0.15, 0.2) is 60.8 Å². The zero-order valence-electron chi connectivity index (χ0n) is 15.3. The van der Waals surface area contributed by atoms with Gasteiger partial charge in [0.05, 0.1) is 11.9 Å². The molecule has 1 aromatic heterocycles. The van der Waals surface area contributed by atoms with Crippen LogP contribution >= 0.6 is 0 Å². The quantitative estimate of drug-likeness (QED) is 0.292. The molecule has 0 amide bonds. The van der Waals surface area contributed by atoms with Crippen LogP contribution in [0.4, 0.5) is 37.8 Å². The molecule has 0 atom stereocenters. The second-order valence-corrected chi connectivity index (χ2v) is 9.34. The maximum Gasteiger partial charge on any atom is 0.534 e. The lowest BCUT2D eigenvalue weighted by Gasteiger charge is -2.26. The number of aromatic nitrogens is 1. The Bertz CT molecular complexity index is 1360. The zero-order chi connectivity index (χ0) is 23.9. The smallest absolute Gasteiger partial charge is 0.374 e. The van der Waals surface area contributed by atoms with Gasteiger partial charge in [0.1, 0.15) is 0 Å². The molecule has 0 saturated carbocycles. The number of para-hydroxylation sites is 1. The van der Waals surface area contributed by atoms with Gasteiger partial charge in [0.2, 0.25) is 0 Å². The van der Waals surface area contributed by atoms with Crippen LogP contribution in [0, 0.1) is 0 Å². The largest absolute Gasteiger partial charge is 0.534 e. The number of hydrogen-bond donors (Lipinski definition) is 0. The minimum absolute atomic E-state index is 0.141. The van der Waals surface area contributed by atoms with E-state index in [2.05, 4.69) is 9.17 Å². The highest BCUT2D eigenvalue weighted by molar-refractivity contribution is 7.94. The average molecular weight is 500 g/mol. The average Bonchev–Trinajstić information content (AvgIpc) is 2.68. The van der Waals surface area contributed by atoms with Gasteiger partial charge in [-0.1, -0.05) is 42.5 Å². The summed E-state index contributed by atoms with van der Waals surface area (Å²) < 4.78 is 130. The maximum absolute atomic E-state index is 13.4. The zero-order valence-corrected chi connectivity index (χ0v) is 16.9. The van der Waals surface area contributed by atoms with E-state index in [0.29, 0.717) is 6.20 Å². The summed E-state index contributed by atoms with van der Waals surface area (Å²) >= 11 is 0. The van der Waals surface area contributed by atoms with Gasteiger partial charge in [-0.2, -0.15) is 43.2 Å². The van der Waals surface area contributed by atoms with Gasteiger partial charge in [-0.15, -0.1) is 0 Å². The highest BCUT2D eigenvalue weighted by atomic mass is 32.2. The predicted octanol–water partition coefficient (Wildman–Crippen LogP) is 4.45. The Hall–Kier alpha value is -3.07. The molecule has 3 aromatic rings. The SMILES string of the molecule is O=S(=O)(Oc1cnc(N(c2ccccc2)S(=O)(=O)C(F)(F)F)c2ccccc12)C(F)(F)F. The second kappa shape index (κ2) is 7.81. The molecule has 15 heteroatoms. The number of pyridine rings is 1. The van der Waals surface area contributed by atoms with Crippen LogP contribution in [0.25, 0.3) is 10.8 Å². The number of anilines is 2. The third kappa shape index (κ3) is 4.17. The summed E-state index contributed by atoms with van der Waals surface area (Å²) in [5, 5.41) is -0.845. The second-order valence-electron chi connectivity index (χ2n) is 6.03. The summed E-state index contributed by atoms with van der Waals surface area (Å²) in [6.07, 6.45) is 0.392. The molecule has 2 aromatic carbocycles. The Morgan fingerprint density at radius 1 is 0.750 bits per heavy atom. The molecule has 172 valence electrons. The van der Waals surface area contributed by atoms with E-state index in [1.807, 2.05) is 0 Å². The van der Waals surface area contributed by atoms with E-state index < -0.39 is 59.2 Å². The van der Waals surface area contributed by atoms with Crippen molar-refractivity contribution < 1.29 is 47.4 Å². The Morgan fingerprint density at radius 3 is 1.81 bits per heavy atom. The molecule has 0 radical (unpaired) electrons. The van der Waals surface area contributed by atoms with Crippen molar-refractivity contribution in [2.24, 2.45) is 0 Å².